The van der Waals surface area contributed by atoms with Crippen LogP contribution < -0.4 is 16.6 Å². The first kappa shape index (κ1) is 14.8. The van der Waals surface area contributed by atoms with E-state index >= 15 is 0 Å². The number of hydrogen-bond acceptors (Lipinski definition) is 2. The molecule has 0 aromatic heterocycles. The summed E-state index contributed by atoms with van der Waals surface area (Å²) >= 11 is 2.86. The molecule has 0 heterocycles. The standard InChI is InChI=1S/C10H12BrF3N4/c1-2-16-9(18-15)17-6-3-4-8(11)7(5-6)10(12,13)14/h3-5H,2,15H2,1H3,(H2,16,17,18). The smallest absolute Gasteiger partial charge is 0.325 e. The fraction of sp³-hybridized carbons (Fsp3) is 0.300. The Bertz CT molecular complexity index is 445. The van der Waals surface area contributed by atoms with E-state index in [0.29, 0.717) is 6.54 Å². The number of hydrogen-bond donors (Lipinski definition) is 3. The molecule has 100 valence electrons. The maximum Gasteiger partial charge on any atom is 0.417 e. The molecule has 0 spiro atoms. The van der Waals surface area contributed by atoms with Crippen LogP contribution in [0.4, 0.5) is 18.9 Å². The molecule has 0 radical (unpaired) electrons. The van der Waals surface area contributed by atoms with Gasteiger partial charge in [-0.25, -0.2) is 5.84 Å². The molecule has 0 bridgehead atoms. The number of nitrogens with one attached hydrogen (secondary N) is 2. The summed E-state index contributed by atoms with van der Waals surface area (Å²) in [6.45, 7) is 2.23. The number of hydrazine groups is 1. The van der Waals surface area contributed by atoms with Crippen molar-refractivity contribution in [1.29, 1.82) is 0 Å². The molecular weight excluding hydrogens is 313 g/mol. The number of guanidine groups is 1. The van der Waals surface area contributed by atoms with Gasteiger partial charge in [-0.1, -0.05) is 15.9 Å². The van der Waals surface area contributed by atoms with E-state index in [0.717, 1.165) is 6.07 Å². The van der Waals surface area contributed by atoms with Crippen LogP contribution in [-0.2, 0) is 6.18 Å². The molecule has 8 heteroatoms. The molecule has 0 aliphatic carbocycles. The maximum absolute atomic E-state index is 12.7. The first-order chi connectivity index (χ1) is 8.38. The first-order valence-corrected chi connectivity index (χ1v) is 5.82. The molecule has 0 amide bonds. The Morgan fingerprint density at radius 2 is 2.11 bits per heavy atom. The number of halogens is 4. The Labute approximate surface area is 111 Å². The van der Waals surface area contributed by atoms with Gasteiger partial charge in [-0.3, -0.25) is 10.4 Å². The summed E-state index contributed by atoms with van der Waals surface area (Å²) in [7, 11) is 0. The summed E-state index contributed by atoms with van der Waals surface area (Å²) in [6.07, 6.45) is -4.42. The Kier molecular flexibility index (Phi) is 4.97. The maximum atomic E-state index is 12.7. The normalized spacial score (nSPS) is 12.4. The predicted octanol–water partition coefficient (Wildman–Crippen LogP) is 2.72. The van der Waals surface area contributed by atoms with E-state index in [2.05, 4.69) is 31.7 Å². The zero-order valence-electron chi connectivity index (χ0n) is 9.48. The molecule has 4 nitrogen and oxygen atoms in total. The Morgan fingerprint density at radius 3 is 2.61 bits per heavy atom. The van der Waals surface area contributed by atoms with E-state index < -0.39 is 11.7 Å². The van der Waals surface area contributed by atoms with Crippen molar-refractivity contribution in [3.63, 3.8) is 0 Å². The van der Waals surface area contributed by atoms with Gasteiger partial charge in [0.1, 0.15) is 0 Å². The second-order valence-electron chi connectivity index (χ2n) is 3.28. The summed E-state index contributed by atoms with van der Waals surface area (Å²) < 4.78 is 38.0. The monoisotopic (exact) mass is 324 g/mol. The van der Waals surface area contributed by atoms with Gasteiger partial charge in [-0.05, 0) is 25.1 Å². The molecule has 0 saturated heterocycles. The lowest BCUT2D eigenvalue weighted by Gasteiger charge is -2.13. The molecule has 0 aliphatic heterocycles. The molecule has 18 heavy (non-hydrogen) atoms. The molecule has 0 unspecified atom stereocenters. The van der Waals surface area contributed by atoms with Gasteiger partial charge in [0.15, 0.2) is 0 Å². The van der Waals surface area contributed by atoms with Gasteiger partial charge >= 0.3 is 6.18 Å². The van der Waals surface area contributed by atoms with Gasteiger partial charge in [-0.2, -0.15) is 13.2 Å². The van der Waals surface area contributed by atoms with Crippen LogP contribution in [-0.4, -0.2) is 12.5 Å². The van der Waals surface area contributed by atoms with Gasteiger partial charge in [0.25, 0.3) is 0 Å². The van der Waals surface area contributed by atoms with Gasteiger partial charge in [-0.15, -0.1) is 0 Å². The van der Waals surface area contributed by atoms with Crippen LogP contribution in [0.15, 0.2) is 27.7 Å². The third-order valence-electron chi connectivity index (χ3n) is 1.99. The topological polar surface area (TPSA) is 62.4 Å². The van der Waals surface area contributed by atoms with Crippen molar-refractivity contribution in [3.05, 3.63) is 28.2 Å². The number of alkyl halides is 3. The van der Waals surface area contributed by atoms with Crippen LogP contribution >= 0.6 is 15.9 Å². The summed E-state index contributed by atoms with van der Waals surface area (Å²) in [5.74, 6) is 5.39. The fourth-order valence-corrected chi connectivity index (χ4v) is 1.71. The van der Waals surface area contributed by atoms with Crippen LogP contribution in [0.2, 0.25) is 0 Å². The van der Waals surface area contributed by atoms with Crippen LogP contribution in [0.25, 0.3) is 0 Å². The zero-order valence-corrected chi connectivity index (χ0v) is 11.1. The molecule has 0 aliphatic rings. The van der Waals surface area contributed by atoms with Crippen molar-refractivity contribution >= 4 is 27.6 Å². The minimum Gasteiger partial charge on any atom is -0.325 e. The lowest BCUT2D eigenvalue weighted by molar-refractivity contribution is -0.138. The number of anilines is 1. The second kappa shape index (κ2) is 6.05. The zero-order chi connectivity index (χ0) is 13.8. The fourth-order valence-electron chi connectivity index (χ4n) is 1.24. The lowest BCUT2D eigenvalue weighted by Crippen LogP contribution is -2.36. The predicted molar refractivity (Wildman–Crippen MR) is 68.1 cm³/mol. The van der Waals surface area contributed by atoms with E-state index in [4.69, 9.17) is 5.84 Å². The summed E-state index contributed by atoms with van der Waals surface area (Å²) in [6, 6.07) is 3.78. The Balaban J connectivity index is 3.02. The molecule has 4 N–H and O–H groups in total. The average molecular weight is 325 g/mol. The molecule has 0 atom stereocenters. The minimum atomic E-state index is -4.42. The molecule has 1 aromatic rings. The van der Waals surface area contributed by atoms with Gasteiger partial charge < -0.3 is 5.32 Å². The van der Waals surface area contributed by atoms with Crippen molar-refractivity contribution in [2.75, 3.05) is 11.9 Å². The number of aliphatic imine (C=N–C) groups is 1. The van der Waals surface area contributed by atoms with Gasteiger partial charge in [0.05, 0.1) is 5.56 Å². The molecule has 0 fully saturated rings. The van der Waals surface area contributed by atoms with Crippen molar-refractivity contribution in [3.8, 4) is 0 Å². The minimum absolute atomic E-state index is 0.0183. The van der Waals surface area contributed by atoms with E-state index in [1.54, 1.807) is 6.92 Å². The van der Waals surface area contributed by atoms with Crippen LogP contribution in [0.3, 0.4) is 0 Å². The molecule has 1 aromatic carbocycles. The highest BCUT2D eigenvalue weighted by atomic mass is 79.9. The number of nitrogens with two attached hydrogens (primary N) is 1. The van der Waals surface area contributed by atoms with Crippen LogP contribution in [0, 0.1) is 0 Å². The van der Waals surface area contributed by atoms with Crippen molar-refractivity contribution in [2.45, 2.75) is 13.1 Å². The van der Waals surface area contributed by atoms with Gasteiger partial charge in [0.2, 0.25) is 5.96 Å². The lowest BCUT2D eigenvalue weighted by atomic mass is 10.2. The quantitative estimate of drug-likeness (QED) is 0.339. The third-order valence-corrected chi connectivity index (χ3v) is 2.68. The van der Waals surface area contributed by atoms with E-state index in [1.165, 1.54) is 12.1 Å². The second-order valence-corrected chi connectivity index (χ2v) is 4.14. The SMILES string of the molecule is CCN=C(NN)Nc1ccc(Br)c(C(F)(F)F)c1. The highest BCUT2D eigenvalue weighted by Crippen LogP contribution is 2.36. The first-order valence-electron chi connectivity index (χ1n) is 5.03. The summed E-state index contributed by atoms with van der Waals surface area (Å²) in [4.78, 5) is 3.93. The molecule has 1 rings (SSSR count). The summed E-state index contributed by atoms with van der Waals surface area (Å²) in [5.41, 5.74) is 1.75. The highest BCUT2D eigenvalue weighted by Gasteiger charge is 2.33. The van der Waals surface area contributed by atoms with E-state index in [9.17, 15) is 13.2 Å². The Morgan fingerprint density at radius 1 is 1.44 bits per heavy atom. The molecule has 0 saturated carbocycles. The Hall–Kier alpha value is -1.28. The van der Waals surface area contributed by atoms with Crippen molar-refractivity contribution < 1.29 is 13.2 Å². The van der Waals surface area contributed by atoms with Crippen molar-refractivity contribution in [2.24, 2.45) is 10.8 Å². The number of nitrogens with zero attached hydrogens (tertiary/aromatic N) is 1. The van der Waals surface area contributed by atoms with E-state index in [1.807, 2.05) is 0 Å². The largest absolute Gasteiger partial charge is 0.417 e. The van der Waals surface area contributed by atoms with Crippen LogP contribution in [0.5, 0.6) is 0 Å². The highest BCUT2D eigenvalue weighted by molar-refractivity contribution is 9.10. The summed E-state index contributed by atoms with van der Waals surface area (Å²) in [5, 5.41) is 2.66. The van der Waals surface area contributed by atoms with E-state index in [-0.39, 0.29) is 16.1 Å². The van der Waals surface area contributed by atoms with Crippen LogP contribution in [0.1, 0.15) is 12.5 Å². The number of rotatable bonds is 2. The van der Waals surface area contributed by atoms with Gasteiger partial charge in [0, 0.05) is 16.7 Å². The molecular formula is C10H12BrF3N4. The van der Waals surface area contributed by atoms with Crippen molar-refractivity contribution in [1.82, 2.24) is 5.43 Å². The average Bonchev–Trinajstić information content (AvgIpc) is 2.29. The number of benzene rings is 1. The third kappa shape index (κ3) is 3.88.